The van der Waals surface area contributed by atoms with Gasteiger partial charge in [-0.2, -0.15) is 0 Å². The summed E-state index contributed by atoms with van der Waals surface area (Å²) in [7, 11) is -3.45. The van der Waals surface area contributed by atoms with E-state index >= 15 is 0 Å². The molecule has 0 fully saturated rings. The molecule has 0 saturated carbocycles. The van der Waals surface area contributed by atoms with E-state index in [1.54, 1.807) is 29.8 Å². The molecule has 3 aromatic carbocycles. The van der Waals surface area contributed by atoms with Crippen LogP contribution in [0.2, 0.25) is 0 Å². The first-order valence-corrected chi connectivity index (χ1v) is 11.7. The highest BCUT2D eigenvalue weighted by Crippen LogP contribution is 2.23. The molecule has 1 aromatic heterocycles. The molecule has 0 aliphatic carbocycles. The number of rotatable bonds is 6. The van der Waals surface area contributed by atoms with Gasteiger partial charge < -0.3 is 5.32 Å². The Balaban J connectivity index is 1.68. The van der Waals surface area contributed by atoms with Crippen LogP contribution in [0.3, 0.4) is 0 Å². The third kappa shape index (κ3) is 4.84. The number of sulfonamides is 1. The van der Waals surface area contributed by atoms with E-state index in [-0.39, 0.29) is 5.82 Å². The zero-order valence-electron chi connectivity index (χ0n) is 17.5. The first-order chi connectivity index (χ1) is 15.3. The van der Waals surface area contributed by atoms with Gasteiger partial charge in [0.25, 0.3) is 5.91 Å². The van der Waals surface area contributed by atoms with E-state index in [1.807, 2.05) is 60.7 Å². The Morgan fingerprint density at radius 3 is 2.25 bits per heavy atom. The van der Waals surface area contributed by atoms with Crippen molar-refractivity contribution in [1.82, 2.24) is 14.8 Å². The van der Waals surface area contributed by atoms with Crippen LogP contribution in [0.15, 0.2) is 78.9 Å². The van der Waals surface area contributed by atoms with Crippen LogP contribution in [0, 0.1) is 6.92 Å². The van der Waals surface area contributed by atoms with Gasteiger partial charge in [-0.15, -0.1) is 5.10 Å². The molecule has 0 spiro atoms. The van der Waals surface area contributed by atoms with Crippen molar-refractivity contribution in [3.8, 4) is 17.1 Å². The van der Waals surface area contributed by atoms with Crippen molar-refractivity contribution in [2.24, 2.45) is 0 Å². The van der Waals surface area contributed by atoms with Gasteiger partial charge in [-0.25, -0.2) is 18.1 Å². The Labute approximate surface area is 186 Å². The fourth-order valence-electron chi connectivity index (χ4n) is 3.13. The van der Waals surface area contributed by atoms with Crippen molar-refractivity contribution >= 4 is 27.3 Å². The monoisotopic (exact) mass is 447 g/mol. The number of nitrogens with zero attached hydrogens (tertiary/aromatic N) is 3. The van der Waals surface area contributed by atoms with Gasteiger partial charge in [0, 0.05) is 11.3 Å². The summed E-state index contributed by atoms with van der Waals surface area (Å²) in [5, 5.41) is 7.18. The highest BCUT2D eigenvalue weighted by Gasteiger charge is 2.19. The van der Waals surface area contributed by atoms with E-state index < -0.39 is 15.9 Å². The molecule has 162 valence electrons. The van der Waals surface area contributed by atoms with Gasteiger partial charge in [-0.3, -0.25) is 9.52 Å². The van der Waals surface area contributed by atoms with E-state index in [9.17, 15) is 13.2 Å². The van der Waals surface area contributed by atoms with Crippen LogP contribution in [0.4, 0.5) is 11.4 Å². The number of aryl methyl sites for hydroxylation is 1. The summed E-state index contributed by atoms with van der Waals surface area (Å²) < 4.78 is 27.3. The first-order valence-electron chi connectivity index (χ1n) is 9.78. The molecule has 4 aromatic rings. The van der Waals surface area contributed by atoms with Crippen LogP contribution in [-0.4, -0.2) is 35.3 Å². The Morgan fingerprint density at radius 2 is 1.59 bits per heavy atom. The highest BCUT2D eigenvalue weighted by atomic mass is 32.2. The molecule has 2 N–H and O–H groups in total. The summed E-state index contributed by atoms with van der Waals surface area (Å²) in [5.41, 5.74) is 3.12. The standard InChI is InChI=1S/C23H21N5O3S/c1-16-13-14-18(15-20(16)27-32(2,30)31)24-23(29)21-25-22(17-9-5-3-6-10-17)28(26-21)19-11-7-4-8-12-19/h3-15,27H,1-2H3,(H,24,29). The zero-order chi connectivity index (χ0) is 22.7. The van der Waals surface area contributed by atoms with E-state index in [0.717, 1.165) is 23.1 Å². The second kappa shape index (κ2) is 8.64. The molecule has 0 radical (unpaired) electrons. The van der Waals surface area contributed by atoms with Gasteiger partial charge in [-0.1, -0.05) is 54.6 Å². The second-order valence-corrected chi connectivity index (χ2v) is 8.98. The summed E-state index contributed by atoms with van der Waals surface area (Å²) in [4.78, 5) is 17.4. The van der Waals surface area contributed by atoms with Crippen LogP contribution in [0.25, 0.3) is 17.1 Å². The lowest BCUT2D eigenvalue weighted by atomic mass is 10.2. The molecular formula is C23H21N5O3S. The van der Waals surface area contributed by atoms with Crippen LogP contribution >= 0.6 is 0 Å². The normalized spacial score (nSPS) is 11.2. The molecular weight excluding hydrogens is 426 g/mol. The number of hydrogen-bond acceptors (Lipinski definition) is 5. The molecule has 0 aliphatic rings. The van der Waals surface area contributed by atoms with Crippen molar-refractivity contribution in [1.29, 1.82) is 0 Å². The van der Waals surface area contributed by atoms with Gasteiger partial charge >= 0.3 is 0 Å². The minimum atomic E-state index is -3.45. The largest absolute Gasteiger partial charge is 0.319 e. The minimum Gasteiger partial charge on any atom is -0.319 e. The molecule has 0 unspecified atom stereocenters. The fourth-order valence-corrected chi connectivity index (χ4v) is 3.75. The number of hydrogen-bond donors (Lipinski definition) is 2. The number of benzene rings is 3. The van der Waals surface area contributed by atoms with Crippen molar-refractivity contribution < 1.29 is 13.2 Å². The van der Waals surface area contributed by atoms with Gasteiger partial charge in [0.05, 0.1) is 17.6 Å². The molecule has 0 aliphatic heterocycles. The lowest BCUT2D eigenvalue weighted by molar-refractivity contribution is 0.101. The molecule has 9 heteroatoms. The van der Waals surface area contributed by atoms with Crippen LogP contribution < -0.4 is 10.0 Å². The van der Waals surface area contributed by atoms with Gasteiger partial charge in [0.2, 0.25) is 15.8 Å². The van der Waals surface area contributed by atoms with Gasteiger partial charge in [-0.05, 0) is 36.8 Å². The summed E-state index contributed by atoms with van der Waals surface area (Å²) >= 11 is 0. The molecule has 1 heterocycles. The maximum absolute atomic E-state index is 12.9. The molecule has 0 atom stereocenters. The third-order valence-electron chi connectivity index (χ3n) is 4.63. The topological polar surface area (TPSA) is 106 Å². The summed E-state index contributed by atoms with van der Waals surface area (Å²) in [6, 6.07) is 23.9. The Morgan fingerprint density at radius 1 is 0.938 bits per heavy atom. The van der Waals surface area contributed by atoms with Crippen molar-refractivity contribution in [2.75, 3.05) is 16.3 Å². The average molecular weight is 448 g/mol. The Hall–Kier alpha value is -3.98. The molecule has 1 amide bonds. The molecule has 0 saturated heterocycles. The zero-order valence-corrected chi connectivity index (χ0v) is 18.3. The number of nitrogens with one attached hydrogen (secondary N) is 2. The maximum Gasteiger partial charge on any atom is 0.295 e. The quantitative estimate of drug-likeness (QED) is 0.467. The van der Waals surface area contributed by atoms with Crippen LogP contribution in [0.5, 0.6) is 0 Å². The molecule has 32 heavy (non-hydrogen) atoms. The van der Waals surface area contributed by atoms with Crippen LogP contribution in [-0.2, 0) is 10.0 Å². The summed E-state index contributed by atoms with van der Waals surface area (Å²) in [5.74, 6) is 0.0159. The SMILES string of the molecule is Cc1ccc(NC(=O)c2nc(-c3ccccc3)n(-c3ccccc3)n2)cc1NS(C)(=O)=O. The Bertz CT molecular complexity index is 1310. The number of amides is 1. The average Bonchev–Trinajstić information content (AvgIpc) is 3.22. The number of carbonyl (C=O) groups excluding carboxylic acids is 1. The van der Waals surface area contributed by atoms with Gasteiger partial charge in [0.15, 0.2) is 5.82 Å². The van der Waals surface area contributed by atoms with Crippen LogP contribution in [0.1, 0.15) is 16.2 Å². The second-order valence-electron chi connectivity index (χ2n) is 7.23. The molecule has 0 bridgehead atoms. The third-order valence-corrected chi connectivity index (χ3v) is 5.22. The van der Waals surface area contributed by atoms with Crippen molar-refractivity contribution in [3.63, 3.8) is 0 Å². The molecule has 8 nitrogen and oxygen atoms in total. The molecule has 4 rings (SSSR count). The fraction of sp³-hybridized carbons (Fsp3) is 0.0870. The minimum absolute atomic E-state index is 0.00842. The predicted octanol–water partition coefficient (Wildman–Crippen LogP) is 3.87. The predicted molar refractivity (Wildman–Crippen MR) is 124 cm³/mol. The van der Waals surface area contributed by atoms with Crippen molar-refractivity contribution in [3.05, 3.63) is 90.3 Å². The maximum atomic E-state index is 12.9. The Kier molecular flexibility index (Phi) is 5.74. The smallest absolute Gasteiger partial charge is 0.295 e. The first kappa shape index (κ1) is 21.3. The number of aromatic nitrogens is 3. The number of anilines is 2. The number of para-hydroxylation sites is 1. The van der Waals surface area contributed by atoms with Gasteiger partial charge in [0.1, 0.15) is 0 Å². The summed E-state index contributed by atoms with van der Waals surface area (Å²) in [6.45, 7) is 1.77. The lowest BCUT2D eigenvalue weighted by Crippen LogP contribution is -2.15. The lowest BCUT2D eigenvalue weighted by Gasteiger charge is -2.10. The highest BCUT2D eigenvalue weighted by molar-refractivity contribution is 7.92. The van der Waals surface area contributed by atoms with Crippen molar-refractivity contribution in [2.45, 2.75) is 6.92 Å². The van der Waals surface area contributed by atoms with E-state index in [2.05, 4.69) is 20.1 Å². The van der Waals surface area contributed by atoms with E-state index in [4.69, 9.17) is 0 Å². The van der Waals surface area contributed by atoms with E-state index in [1.165, 1.54) is 0 Å². The summed E-state index contributed by atoms with van der Waals surface area (Å²) in [6.07, 6.45) is 1.07. The number of carbonyl (C=O) groups is 1. The van der Waals surface area contributed by atoms with E-state index in [0.29, 0.717) is 17.2 Å².